The van der Waals surface area contributed by atoms with Crippen molar-refractivity contribution in [3.8, 4) is 5.75 Å². The largest absolute Gasteiger partial charge is 0.490 e. The minimum Gasteiger partial charge on any atom is -0.490 e. The fraction of sp³-hybridized carbons (Fsp3) is 0.486. The predicted molar refractivity (Wildman–Crippen MR) is 196 cm³/mol. The van der Waals surface area contributed by atoms with Crippen LogP contribution in [-0.4, -0.2) is 71.0 Å². The van der Waals surface area contributed by atoms with Gasteiger partial charge in [0, 0.05) is 43.9 Å². The topological polar surface area (TPSA) is 136 Å². The molecule has 2 bridgehead atoms. The summed E-state index contributed by atoms with van der Waals surface area (Å²) in [5, 5.41) is 7.45. The van der Waals surface area contributed by atoms with Crippen molar-refractivity contribution in [3.63, 3.8) is 0 Å². The van der Waals surface area contributed by atoms with E-state index in [-0.39, 0.29) is 28.9 Å². The van der Waals surface area contributed by atoms with Crippen LogP contribution in [0, 0.1) is 11.8 Å². The molecule has 272 valence electrons. The highest BCUT2D eigenvalue weighted by Crippen LogP contribution is 2.47. The van der Waals surface area contributed by atoms with Gasteiger partial charge in [-0.15, -0.1) is 4.36 Å². The van der Waals surface area contributed by atoms with E-state index in [1.807, 2.05) is 18.2 Å². The molecule has 1 unspecified atom stereocenters. The number of nitrogens with one attached hydrogen (secondary N) is 2. The van der Waals surface area contributed by atoms with E-state index in [2.05, 4.69) is 36.5 Å². The monoisotopic (exact) mass is 736 g/mol. The Morgan fingerprint density at radius 1 is 1.18 bits per heavy atom. The van der Waals surface area contributed by atoms with Crippen molar-refractivity contribution in [1.29, 1.82) is 0 Å². The van der Waals surface area contributed by atoms with Gasteiger partial charge in [-0.05, 0) is 99.2 Å². The summed E-state index contributed by atoms with van der Waals surface area (Å²) in [7, 11) is -0.460. The number of aromatic nitrogens is 2. The average molecular weight is 737 g/mol. The Bertz CT molecular complexity index is 1990. The van der Waals surface area contributed by atoms with Gasteiger partial charge in [0.1, 0.15) is 11.4 Å². The van der Waals surface area contributed by atoms with Crippen molar-refractivity contribution in [3.05, 3.63) is 77.1 Å². The van der Waals surface area contributed by atoms with Crippen molar-refractivity contribution >= 4 is 44.8 Å². The van der Waals surface area contributed by atoms with Crippen LogP contribution < -0.4 is 19.7 Å². The second kappa shape index (κ2) is 13.9. The van der Waals surface area contributed by atoms with Gasteiger partial charge in [-0.1, -0.05) is 29.8 Å². The molecule has 4 aliphatic rings. The molecule has 0 saturated heterocycles. The molecule has 3 aromatic rings. The molecule has 1 fully saturated rings. The third-order valence-electron chi connectivity index (χ3n) is 10.7. The predicted octanol–water partition coefficient (Wildman–Crippen LogP) is 6.04. The van der Waals surface area contributed by atoms with Gasteiger partial charge in [-0.3, -0.25) is 9.48 Å². The summed E-state index contributed by atoms with van der Waals surface area (Å²) in [6, 6.07) is 10.5. The number of carbonyl (C=O) groups is 2. The van der Waals surface area contributed by atoms with Crippen molar-refractivity contribution in [1.82, 2.24) is 14.5 Å². The van der Waals surface area contributed by atoms with Crippen LogP contribution in [0.25, 0.3) is 0 Å². The minimum absolute atomic E-state index is 0.120. The number of anilines is 2. The molecule has 3 heterocycles. The van der Waals surface area contributed by atoms with Crippen LogP contribution in [-0.2, 0) is 43.1 Å². The lowest BCUT2D eigenvalue weighted by Gasteiger charge is -2.46. The number of urea groups is 1. The molecule has 14 heteroatoms. The number of carbonyl (C=O) groups excluding carboxylic acids is 2. The number of amides is 3. The number of hydrogen-bond acceptors (Lipinski definition) is 8. The van der Waals surface area contributed by atoms with Gasteiger partial charge in [0.15, 0.2) is 9.92 Å². The molecule has 3 amide bonds. The number of rotatable bonds is 3. The molecular formula is C37H45ClN6O6S. The lowest BCUT2D eigenvalue weighted by molar-refractivity contribution is -0.137. The number of nitrogens with zero attached hydrogens (tertiary/aromatic N) is 4. The maximum absolute atomic E-state index is 15.0. The van der Waals surface area contributed by atoms with Gasteiger partial charge in [0.25, 0.3) is 5.91 Å². The Morgan fingerprint density at radius 2 is 2.02 bits per heavy atom. The highest BCUT2D eigenvalue weighted by Gasteiger charge is 2.44. The summed E-state index contributed by atoms with van der Waals surface area (Å²) in [5.41, 5.74) is 1.83. The van der Waals surface area contributed by atoms with Crippen LogP contribution in [0.2, 0.25) is 5.02 Å². The van der Waals surface area contributed by atoms with Crippen LogP contribution in [0.3, 0.4) is 0 Å². The molecule has 1 spiro atoms. The third-order valence-corrected chi connectivity index (χ3v) is 12.8. The van der Waals surface area contributed by atoms with Crippen molar-refractivity contribution in [2.45, 2.75) is 68.0 Å². The number of methoxy groups -OCH3 is 1. The summed E-state index contributed by atoms with van der Waals surface area (Å²) >= 11 is 6.46. The maximum atomic E-state index is 15.0. The molecule has 2 N–H and O–H groups in total. The zero-order valence-corrected chi connectivity index (χ0v) is 31.0. The summed E-state index contributed by atoms with van der Waals surface area (Å²) < 4.78 is 41.9. The first-order chi connectivity index (χ1) is 24.4. The van der Waals surface area contributed by atoms with E-state index in [0.717, 1.165) is 42.8 Å². The van der Waals surface area contributed by atoms with Crippen LogP contribution >= 0.6 is 11.6 Å². The Morgan fingerprint density at radius 3 is 2.76 bits per heavy atom. The van der Waals surface area contributed by atoms with E-state index in [0.29, 0.717) is 37.1 Å². The fourth-order valence-electron chi connectivity index (χ4n) is 7.84. The highest BCUT2D eigenvalue weighted by atomic mass is 35.5. The molecule has 51 heavy (non-hydrogen) atoms. The summed E-state index contributed by atoms with van der Waals surface area (Å²) in [6.07, 6.45) is 11.7. The Kier molecular flexibility index (Phi) is 9.68. The third kappa shape index (κ3) is 7.13. The first kappa shape index (κ1) is 35.5. The van der Waals surface area contributed by atoms with Gasteiger partial charge in [0.05, 0.1) is 41.8 Å². The second-order valence-electron chi connectivity index (χ2n) is 14.6. The first-order valence-corrected chi connectivity index (χ1v) is 19.3. The van der Waals surface area contributed by atoms with Gasteiger partial charge >= 0.3 is 6.03 Å². The molecule has 12 nitrogen and oxygen atoms in total. The molecule has 2 aliphatic heterocycles. The summed E-state index contributed by atoms with van der Waals surface area (Å²) in [5.74, 6) is 0.434. The van der Waals surface area contributed by atoms with E-state index in [1.54, 1.807) is 52.4 Å². The van der Waals surface area contributed by atoms with Crippen molar-refractivity contribution in [2.24, 2.45) is 23.2 Å². The molecule has 2 aromatic carbocycles. The normalized spacial score (nSPS) is 29.3. The highest BCUT2D eigenvalue weighted by molar-refractivity contribution is 7.92. The number of fused-ring (bicyclic) bond motifs is 4. The lowest BCUT2D eigenvalue weighted by atomic mass is 9.68. The summed E-state index contributed by atoms with van der Waals surface area (Å²) in [6.45, 7) is 5.08. The van der Waals surface area contributed by atoms with Gasteiger partial charge in [0.2, 0.25) is 0 Å². The number of aryl methyl sites for hydroxylation is 2. The fourth-order valence-corrected chi connectivity index (χ4v) is 9.58. The number of hydrogen-bond donors (Lipinski definition) is 2. The first-order valence-electron chi connectivity index (χ1n) is 17.4. The summed E-state index contributed by atoms with van der Waals surface area (Å²) in [4.78, 5) is 29.6. The Balaban J connectivity index is 1.35. The molecule has 0 radical (unpaired) electrons. The Labute approximate surface area is 304 Å². The van der Waals surface area contributed by atoms with E-state index >= 15 is 0 Å². The number of ether oxygens (including phenoxy) is 3. The van der Waals surface area contributed by atoms with E-state index in [4.69, 9.17) is 25.8 Å². The quantitative estimate of drug-likeness (QED) is 0.311. The molecule has 2 aliphatic carbocycles. The van der Waals surface area contributed by atoms with E-state index in [1.165, 1.54) is 22.0 Å². The Hall–Kier alpha value is -3.91. The zero-order chi connectivity index (χ0) is 36.0. The van der Waals surface area contributed by atoms with Gasteiger partial charge in [-0.2, -0.15) is 5.10 Å². The second-order valence-corrected chi connectivity index (χ2v) is 16.9. The lowest BCUT2D eigenvalue weighted by Crippen LogP contribution is -2.49. The van der Waals surface area contributed by atoms with E-state index in [9.17, 15) is 13.8 Å². The molecule has 1 saturated carbocycles. The van der Waals surface area contributed by atoms with Crippen LogP contribution in [0.15, 0.2) is 70.2 Å². The van der Waals surface area contributed by atoms with E-state index < -0.39 is 27.5 Å². The van der Waals surface area contributed by atoms with Crippen LogP contribution in [0.5, 0.6) is 5.75 Å². The molecular weight excluding hydrogens is 692 g/mol. The smallest absolute Gasteiger partial charge is 0.332 e. The minimum atomic E-state index is -3.90. The molecule has 5 atom stereocenters. The van der Waals surface area contributed by atoms with Crippen LogP contribution in [0.4, 0.5) is 16.2 Å². The van der Waals surface area contributed by atoms with Gasteiger partial charge in [-0.25, -0.2) is 13.7 Å². The average Bonchev–Trinajstić information content (AvgIpc) is 3.42. The molecule has 7 rings (SSSR count). The number of benzene rings is 2. The van der Waals surface area contributed by atoms with Crippen molar-refractivity contribution in [2.75, 3.05) is 43.6 Å². The van der Waals surface area contributed by atoms with Gasteiger partial charge < -0.3 is 24.4 Å². The SMILES string of the molecule is CO[C@H]1/C=C\COC(C)(C)C(=O)N=S(=O)(NC(=O)Nc2cnn(C)c2)c2ccc3c(c2)N(C[C@@H]2CC[C@H]21)C[C@@]1(CCCc2cc(Cl)ccc21)CO3. The van der Waals surface area contributed by atoms with Crippen molar-refractivity contribution < 1.29 is 28.0 Å². The molecule has 1 aromatic heterocycles. The zero-order valence-electron chi connectivity index (χ0n) is 29.4. The number of halogens is 1. The maximum Gasteiger partial charge on any atom is 0.332 e. The van der Waals surface area contributed by atoms with Crippen LogP contribution in [0.1, 0.15) is 50.7 Å². The standard InChI is InChI=1S/C37H45ClN6O6S/c1-36(2)34(45)41-51(47,42-35(46)40-27-19-39-43(3)21-27)28-11-14-33-31(18-28)44(20-25-9-12-29(25)32(48-4)8-6-16-50-36)22-37(23-49-33)15-5-7-24-17-26(38)10-13-30(24)37/h6,8,10-11,13-14,17-19,21,25,29,32H,5,7,9,12,15-16,20,22-23H2,1-4H3,(H2,40,41,42,45,46,47)/b8-6-/t25-,29+,32-,37-,51?/m0/s1.